The Hall–Kier alpha value is -0.890. The Morgan fingerprint density at radius 3 is 2.54 bits per heavy atom. The van der Waals surface area contributed by atoms with Crippen LogP contribution in [0.15, 0.2) is 24.3 Å². The van der Waals surface area contributed by atoms with E-state index < -0.39 is 6.17 Å². The first-order valence-corrected chi connectivity index (χ1v) is 4.69. The number of hydrogen-bond acceptors (Lipinski definition) is 1. The maximum Gasteiger partial charge on any atom is 0.128 e. The van der Waals surface area contributed by atoms with Crippen LogP contribution < -0.4 is 5.32 Å². The summed E-state index contributed by atoms with van der Waals surface area (Å²) >= 11 is 0. The second-order valence-electron chi connectivity index (χ2n) is 3.72. The Morgan fingerprint density at radius 1 is 1.38 bits per heavy atom. The van der Waals surface area contributed by atoms with E-state index in [1.165, 1.54) is 11.1 Å². The SMILES string of the molecule is Cc1ccc(CC2NCC2F)cc1. The highest BCUT2D eigenvalue weighted by atomic mass is 19.1. The van der Waals surface area contributed by atoms with E-state index in [1.807, 2.05) is 0 Å². The quantitative estimate of drug-likeness (QED) is 0.730. The minimum absolute atomic E-state index is 0.0442. The second-order valence-corrected chi connectivity index (χ2v) is 3.72. The molecular weight excluding hydrogens is 165 g/mol. The Labute approximate surface area is 78.0 Å². The summed E-state index contributed by atoms with van der Waals surface area (Å²) in [4.78, 5) is 0. The van der Waals surface area contributed by atoms with Crippen molar-refractivity contribution < 1.29 is 4.39 Å². The molecule has 1 fully saturated rings. The Kier molecular flexibility index (Phi) is 2.32. The zero-order chi connectivity index (χ0) is 9.26. The number of alkyl halides is 1. The summed E-state index contributed by atoms with van der Waals surface area (Å²) in [6, 6.07) is 8.33. The number of halogens is 1. The van der Waals surface area contributed by atoms with Gasteiger partial charge in [0.25, 0.3) is 0 Å². The van der Waals surface area contributed by atoms with E-state index in [1.54, 1.807) is 0 Å². The molecule has 1 aliphatic rings. The third-order valence-corrected chi connectivity index (χ3v) is 2.59. The molecule has 1 N–H and O–H groups in total. The van der Waals surface area contributed by atoms with Gasteiger partial charge < -0.3 is 5.32 Å². The van der Waals surface area contributed by atoms with Crippen molar-refractivity contribution in [2.45, 2.75) is 25.6 Å². The van der Waals surface area contributed by atoms with Crippen LogP contribution in [0.2, 0.25) is 0 Å². The van der Waals surface area contributed by atoms with Gasteiger partial charge in [0.15, 0.2) is 0 Å². The molecule has 0 spiro atoms. The highest BCUT2D eigenvalue weighted by Gasteiger charge is 2.29. The van der Waals surface area contributed by atoms with Gasteiger partial charge in [-0.3, -0.25) is 0 Å². The van der Waals surface area contributed by atoms with E-state index in [2.05, 4.69) is 36.5 Å². The van der Waals surface area contributed by atoms with Gasteiger partial charge in [0, 0.05) is 12.6 Å². The van der Waals surface area contributed by atoms with Gasteiger partial charge in [-0.1, -0.05) is 29.8 Å². The first kappa shape index (κ1) is 8.70. The van der Waals surface area contributed by atoms with Crippen molar-refractivity contribution in [2.75, 3.05) is 6.54 Å². The van der Waals surface area contributed by atoms with E-state index in [-0.39, 0.29) is 6.04 Å². The van der Waals surface area contributed by atoms with Gasteiger partial charge in [0.05, 0.1) is 0 Å². The Balaban J connectivity index is 1.98. The topological polar surface area (TPSA) is 12.0 Å². The van der Waals surface area contributed by atoms with Gasteiger partial charge >= 0.3 is 0 Å². The lowest BCUT2D eigenvalue weighted by atomic mass is 9.96. The van der Waals surface area contributed by atoms with Crippen LogP contribution in [0.25, 0.3) is 0 Å². The average molecular weight is 179 g/mol. The smallest absolute Gasteiger partial charge is 0.128 e. The fourth-order valence-electron chi connectivity index (χ4n) is 1.55. The molecule has 0 amide bonds. The van der Waals surface area contributed by atoms with Gasteiger partial charge in [0.2, 0.25) is 0 Å². The Bertz CT molecular complexity index is 281. The lowest BCUT2D eigenvalue weighted by Crippen LogP contribution is -2.55. The summed E-state index contributed by atoms with van der Waals surface area (Å²) in [5, 5.41) is 3.08. The highest BCUT2D eigenvalue weighted by Crippen LogP contribution is 2.14. The fraction of sp³-hybridized carbons (Fsp3) is 0.455. The van der Waals surface area contributed by atoms with E-state index in [0.29, 0.717) is 6.54 Å². The molecule has 0 saturated carbocycles. The van der Waals surface area contributed by atoms with Crippen LogP contribution in [0, 0.1) is 6.92 Å². The molecule has 1 saturated heterocycles. The number of hydrogen-bond donors (Lipinski definition) is 1. The minimum atomic E-state index is -0.652. The predicted molar refractivity (Wildman–Crippen MR) is 51.6 cm³/mol. The van der Waals surface area contributed by atoms with Crippen molar-refractivity contribution in [1.29, 1.82) is 0 Å². The number of aryl methyl sites for hydroxylation is 1. The van der Waals surface area contributed by atoms with Gasteiger partial charge in [-0.05, 0) is 18.9 Å². The molecule has 0 bridgehead atoms. The third kappa shape index (κ3) is 1.89. The van der Waals surface area contributed by atoms with Gasteiger partial charge in [0.1, 0.15) is 6.17 Å². The molecule has 1 aromatic rings. The number of benzene rings is 1. The van der Waals surface area contributed by atoms with E-state index in [4.69, 9.17) is 0 Å². The van der Waals surface area contributed by atoms with Crippen LogP contribution >= 0.6 is 0 Å². The van der Waals surface area contributed by atoms with Gasteiger partial charge in [-0.2, -0.15) is 0 Å². The highest BCUT2D eigenvalue weighted by molar-refractivity contribution is 5.22. The molecule has 13 heavy (non-hydrogen) atoms. The van der Waals surface area contributed by atoms with Crippen molar-refractivity contribution in [3.8, 4) is 0 Å². The van der Waals surface area contributed by atoms with Crippen LogP contribution in [0.1, 0.15) is 11.1 Å². The maximum absolute atomic E-state index is 12.9. The molecule has 2 atom stereocenters. The molecular formula is C11H14FN. The molecule has 1 aliphatic heterocycles. The first-order chi connectivity index (χ1) is 6.25. The van der Waals surface area contributed by atoms with E-state index in [0.717, 1.165) is 6.42 Å². The molecule has 2 unspecified atom stereocenters. The van der Waals surface area contributed by atoms with Crippen LogP contribution in [0.3, 0.4) is 0 Å². The summed E-state index contributed by atoms with van der Waals surface area (Å²) in [7, 11) is 0. The predicted octanol–water partition coefficient (Wildman–Crippen LogP) is 1.85. The molecule has 0 aromatic heterocycles. The fourth-order valence-corrected chi connectivity index (χ4v) is 1.55. The lowest BCUT2D eigenvalue weighted by molar-refractivity contribution is 0.158. The third-order valence-electron chi connectivity index (χ3n) is 2.59. The van der Waals surface area contributed by atoms with E-state index >= 15 is 0 Å². The number of rotatable bonds is 2. The largest absolute Gasteiger partial charge is 0.308 e. The standard InChI is InChI=1S/C11H14FN/c1-8-2-4-9(5-3-8)6-11-10(12)7-13-11/h2-5,10-11,13H,6-7H2,1H3. The Morgan fingerprint density at radius 2 is 2.08 bits per heavy atom. The summed E-state index contributed by atoms with van der Waals surface area (Å²) < 4.78 is 12.9. The zero-order valence-corrected chi connectivity index (χ0v) is 7.76. The lowest BCUT2D eigenvalue weighted by Gasteiger charge is -2.32. The average Bonchev–Trinajstić information content (AvgIpc) is 2.15. The molecule has 2 rings (SSSR count). The first-order valence-electron chi connectivity index (χ1n) is 4.69. The summed E-state index contributed by atoms with van der Waals surface area (Å²) in [6.45, 7) is 2.58. The van der Waals surface area contributed by atoms with Crippen molar-refractivity contribution in [2.24, 2.45) is 0 Å². The van der Waals surface area contributed by atoms with Gasteiger partial charge in [-0.25, -0.2) is 4.39 Å². The molecule has 70 valence electrons. The van der Waals surface area contributed by atoms with Crippen molar-refractivity contribution >= 4 is 0 Å². The summed E-state index contributed by atoms with van der Waals surface area (Å²) in [5.74, 6) is 0. The van der Waals surface area contributed by atoms with Crippen molar-refractivity contribution in [1.82, 2.24) is 5.32 Å². The second kappa shape index (κ2) is 3.46. The maximum atomic E-state index is 12.9. The monoisotopic (exact) mass is 179 g/mol. The number of nitrogens with one attached hydrogen (secondary N) is 1. The van der Waals surface area contributed by atoms with Gasteiger partial charge in [-0.15, -0.1) is 0 Å². The zero-order valence-electron chi connectivity index (χ0n) is 7.76. The molecule has 0 aliphatic carbocycles. The molecule has 0 radical (unpaired) electrons. The molecule has 1 nitrogen and oxygen atoms in total. The molecule has 2 heteroatoms. The molecule has 1 aromatic carbocycles. The van der Waals surface area contributed by atoms with Crippen LogP contribution in [0.4, 0.5) is 4.39 Å². The van der Waals surface area contributed by atoms with E-state index in [9.17, 15) is 4.39 Å². The van der Waals surface area contributed by atoms with Crippen LogP contribution in [0.5, 0.6) is 0 Å². The van der Waals surface area contributed by atoms with Crippen molar-refractivity contribution in [3.05, 3.63) is 35.4 Å². The van der Waals surface area contributed by atoms with Crippen LogP contribution in [-0.4, -0.2) is 18.8 Å². The van der Waals surface area contributed by atoms with Crippen molar-refractivity contribution in [3.63, 3.8) is 0 Å². The summed E-state index contributed by atoms with van der Waals surface area (Å²) in [6.07, 6.45) is 0.155. The molecule has 1 heterocycles. The normalized spacial score (nSPS) is 26.9. The summed E-state index contributed by atoms with van der Waals surface area (Å²) in [5.41, 5.74) is 2.47. The minimum Gasteiger partial charge on any atom is -0.308 e. The van der Waals surface area contributed by atoms with Crippen LogP contribution in [-0.2, 0) is 6.42 Å².